The molecule has 0 aliphatic heterocycles. The summed E-state index contributed by atoms with van der Waals surface area (Å²) in [5, 5.41) is 6.08. The maximum Gasteiger partial charge on any atom is 0.186 e. The summed E-state index contributed by atoms with van der Waals surface area (Å²) in [5.41, 5.74) is 0. The molecule has 74 valence electrons. The Bertz CT molecular complexity index is 398. The molecule has 2 aromatic rings. The Morgan fingerprint density at radius 3 is 2.93 bits per heavy atom. The Morgan fingerprint density at radius 2 is 2.36 bits per heavy atom. The lowest BCUT2D eigenvalue weighted by Crippen LogP contribution is -2.15. The number of thiazole rings is 2. The molecule has 0 bridgehead atoms. The molecule has 0 saturated carbocycles. The first-order chi connectivity index (χ1) is 6.75. The summed E-state index contributed by atoms with van der Waals surface area (Å²) >= 11 is 6.63. The highest BCUT2D eigenvalue weighted by Crippen LogP contribution is 2.23. The Labute approximate surface area is 98.6 Å². The highest BCUT2D eigenvalue weighted by molar-refractivity contribution is 9.10. The molecule has 2 heterocycles. The molecule has 3 nitrogen and oxygen atoms in total. The van der Waals surface area contributed by atoms with E-state index in [1.54, 1.807) is 22.7 Å². The van der Waals surface area contributed by atoms with Crippen LogP contribution in [0.2, 0.25) is 0 Å². The average molecular weight is 290 g/mol. The van der Waals surface area contributed by atoms with E-state index in [0.29, 0.717) is 0 Å². The van der Waals surface area contributed by atoms with Crippen LogP contribution in [0.1, 0.15) is 5.01 Å². The Balaban J connectivity index is 2.06. The van der Waals surface area contributed by atoms with E-state index in [9.17, 15) is 0 Å². The van der Waals surface area contributed by atoms with E-state index in [2.05, 4.69) is 30.8 Å². The van der Waals surface area contributed by atoms with E-state index >= 15 is 0 Å². The lowest BCUT2D eigenvalue weighted by Gasteiger charge is -2.12. The van der Waals surface area contributed by atoms with Crippen molar-refractivity contribution in [1.82, 2.24) is 9.97 Å². The number of rotatable bonds is 3. The fraction of sp³-hybridized carbons (Fsp3) is 0.250. The first-order valence-electron chi connectivity index (χ1n) is 3.96. The topological polar surface area (TPSA) is 29.0 Å². The zero-order chi connectivity index (χ0) is 9.97. The molecular weight excluding hydrogens is 282 g/mol. The van der Waals surface area contributed by atoms with E-state index in [1.807, 2.05) is 24.0 Å². The fourth-order valence-corrected chi connectivity index (χ4v) is 2.91. The minimum absolute atomic E-state index is 0.817. The molecule has 2 aromatic heterocycles. The summed E-state index contributed by atoms with van der Waals surface area (Å²) in [6.07, 6.45) is 1.83. The Hall–Kier alpha value is -0.460. The monoisotopic (exact) mass is 289 g/mol. The van der Waals surface area contributed by atoms with Gasteiger partial charge in [0.15, 0.2) is 5.13 Å². The normalized spacial score (nSPS) is 10.4. The molecule has 0 atom stereocenters. The van der Waals surface area contributed by atoms with Crippen LogP contribution in [0.3, 0.4) is 0 Å². The molecule has 2 rings (SSSR count). The van der Waals surface area contributed by atoms with Crippen molar-refractivity contribution < 1.29 is 0 Å². The molecule has 0 amide bonds. The SMILES string of the molecule is CN(Cc1nccs1)c1nc(Br)cs1. The molecule has 0 radical (unpaired) electrons. The molecule has 0 spiro atoms. The minimum atomic E-state index is 0.817. The summed E-state index contributed by atoms with van der Waals surface area (Å²) < 4.78 is 0.892. The molecule has 0 fully saturated rings. The van der Waals surface area contributed by atoms with Gasteiger partial charge in [-0.15, -0.1) is 22.7 Å². The van der Waals surface area contributed by atoms with Gasteiger partial charge in [0.1, 0.15) is 9.61 Å². The molecule has 0 aliphatic rings. The lowest BCUT2D eigenvalue weighted by molar-refractivity contribution is 0.901. The van der Waals surface area contributed by atoms with E-state index in [1.165, 1.54) is 0 Å². The van der Waals surface area contributed by atoms with Crippen LogP contribution in [0.25, 0.3) is 0 Å². The predicted octanol–water partition coefficient (Wildman–Crippen LogP) is 3.00. The number of nitrogens with zero attached hydrogens (tertiary/aromatic N) is 3. The van der Waals surface area contributed by atoms with Gasteiger partial charge >= 0.3 is 0 Å². The molecule has 0 aliphatic carbocycles. The molecule has 6 heteroatoms. The van der Waals surface area contributed by atoms with Crippen LogP contribution in [-0.2, 0) is 6.54 Å². The third kappa shape index (κ3) is 2.31. The van der Waals surface area contributed by atoms with Crippen molar-refractivity contribution >= 4 is 43.7 Å². The van der Waals surface area contributed by atoms with E-state index in [4.69, 9.17) is 0 Å². The summed E-state index contributed by atoms with van der Waals surface area (Å²) in [5.74, 6) is 0. The van der Waals surface area contributed by atoms with Crippen LogP contribution >= 0.6 is 38.6 Å². The quantitative estimate of drug-likeness (QED) is 0.870. The number of anilines is 1. The van der Waals surface area contributed by atoms with E-state index < -0.39 is 0 Å². The maximum absolute atomic E-state index is 4.33. The standard InChI is InChI=1S/C8H8BrN3S2/c1-12(4-7-10-2-3-13-7)8-11-6(9)5-14-8/h2-3,5H,4H2,1H3. The molecule has 0 N–H and O–H groups in total. The Morgan fingerprint density at radius 1 is 1.50 bits per heavy atom. The van der Waals surface area contributed by atoms with Crippen molar-refractivity contribution in [3.8, 4) is 0 Å². The molecular formula is C8H8BrN3S2. The minimum Gasteiger partial charge on any atom is -0.344 e. The highest BCUT2D eigenvalue weighted by Gasteiger charge is 2.07. The second-order valence-corrected chi connectivity index (χ2v) is 5.36. The molecule has 14 heavy (non-hydrogen) atoms. The fourth-order valence-electron chi connectivity index (χ4n) is 1.02. The van der Waals surface area contributed by atoms with Crippen LogP contribution in [-0.4, -0.2) is 17.0 Å². The second-order valence-electron chi connectivity index (χ2n) is 2.73. The van der Waals surface area contributed by atoms with Crippen molar-refractivity contribution in [2.75, 3.05) is 11.9 Å². The van der Waals surface area contributed by atoms with Crippen LogP contribution in [0.15, 0.2) is 21.6 Å². The number of hydrogen-bond acceptors (Lipinski definition) is 5. The van der Waals surface area contributed by atoms with Gasteiger partial charge in [-0.25, -0.2) is 9.97 Å². The average Bonchev–Trinajstić information content (AvgIpc) is 2.75. The van der Waals surface area contributed by atoms with Crippen LogP contribution in [0.4, 0.5) is 5.13 Å². The Kier molecular flexibility index (Phi) is 3.15. The molecule has 0 aromatic carbocycles. The largest absolute Gasteiger partial charge is 0.344 e. The smallest absolute Gasteiger partial charge is 0.186 e. The van der Waals surface area contributed by atoms with Gasteiger partial charge < -0.3 is 4.90 Å². The van der Waals surface area contributed by atoms with Crippen molar-refractivity contribution in [3.63, 3.8) is 0 Å². The highest BCUT2D eigenvalue weighted by atomic mass is 79.9. The van der Waals surface area contributed by atoms with Crippen LogP contribution < -0.4 is 4.90 Å². The van der Waals surface area contributed by atoms with Gasteiger partial charge in [-0.05, 0) is 15.9 Å². The second kappa shape index (κ2) is 4.37. The van der Waals surface area contributed by atoms with Gasteiger partial charge in [0.05, 0.1) is 6.54 Å². The summed E-state index contributed by atoms with van der Waals surface area (Å²) in [6.45, 7) is 0.817. The summed E-state index contributed by atoms with van der Waals surface area (Å²) in [4.78, 5) is 10.7. The van der Waals surface area contributed by atoms with Crippen molar-refractivity contribution in [2.24, 2.45) is 0 Å². The van der Waals surface area contributed by atoms with E-state index in [0.717, 1.165) is 21.3 Å². The predicted molar refractivity (Wildman–Crippen MR) is 64.0 cm³/mol. The van der Waals surface area contributed by atoms with Gasteiger partial charge in [0, 0.05) is 24.0 Å². The van der Waals surface area contributed by atoms with Crippen LogP contribution in [0, 0.1) is 0 Å². The number of aromatic nitrogens is 2. The van der Waals surface area contributed by atoms with E-state index in [-0.39, 0.29) is 0 Å². The first kappa shape index (κ1) is 10.1. The maximum atomic E-state index is 4.33. The lowest BCUT2D eigenvalue weighted by atomic mass is 10.6. The zero-order valence-corrected chi connectivity index (χ0v) is 10.7. The zero-order valence-electron chi connectivity index (χ0n) is 7.48. The van der Waals surface area contributed by atoms with Gasteiger partial charge in [-0.1, -0.05) is 0 Å². The van der Waals surface area contributed by atoms with Crippen molar-refractivity contribution in [2.45, 2.75) is 6.54 Å². The third-order valence-electron chi connectivity index (χ3n) is 1.65. The van der Waals surface area contributed by atoms with Crippen molar-refractivity contribution in [1.29, 1.82) is 0 Å². The summed E-state index contributed by atoms with van der Waals surface area (Å²) in [6, 6.07) is 0. The first-order valence-corrected chi connectivity index (χ1v) is 6.51. The summed E-state index contributed by atoms with van der Waals surface area (Å²) in [7, 11) is 2.02. The third-order valence-corrected chi connectivity index (χ3v) is 4.08. The van der Waals surface area contributed by atoms with Gasteiger partial charge in [-0.3, -0.25) is 0 Å². The molecule has 0 saturated heterocycles. The van der Waals surface area contributed by atoms with Gasteiger partial charge in [0.2, 0.25) is 0 Å². The van der Waals surface area contributed by atoms with Gasteiger partial charge in [-0.2, -0.15) is 0 Å². The van der Waals surface area contributed by atoms with Crippen molar-refractivity contribution in [3.05, 3.63) is 26.6 Å². The van der Waals surface area contributed by atoms with Crippen LogP contribution in [0.5, 0.6) is 0 Å². The number of halogens is 1. The van der Waals surface area contributed by atoms with Gasteiger partial charge in [0.25, 0.3) is 0 Å². The number of hydrogen-bond donors (Lipinski definition) is 0. The molecule has 0 unspecified atom stereocenters.